The monoisotopic (exact) mass is 366 g/mol. The van der Waals surface area contributed by atoms with Crippen molar-refractivity contribution in [2.45, 2.75) is 19.4 Å². The zero-order chi connectivity index (χ0) is 15.6. The predicted molar refractivity (Wildman–Crippen MR) is 90.5 cm³/mol. The molecule has 0 aliphatic rings. The molecule has 110 valence electrons. The molecular weight excluding hydrogens is 352 g/mol. The van der Waals surface area contributed by atoms with Crippen molar-refractivity contribution in [3.63, 3.8) is 0 Å². The zero-order valence-corrected chi connectivity index (χ0v) is 14.1. The van der Waals surface area contributed by atoms with Crippen LogP contribution >= 0.6 is 27.5 Å². The van der Waals surface area contributed by atoms with Gasteiger partial charge in [-0.1, -0.05) is 51.3 Å². The Labute approximate surface area is 137 Å². The van der Waals surface area contributed by atoms with Crippen molar-refractivity contribution in [1.82, 2.24) is 0 Å². The highest BCUT2D eigenvalue weighted by molar-refractivity contribution is 9.10. The van der Waals surface area contributed by atoms with Crippen LogP contribution in [0.5, 0.6) is 0 Å². The van der Waals surface area contributed by atoms with Gasteiger partial charge < -0.3 is 11.1 Å². The molecule has 0 bridgehead atoms. The van der Waals surface area contributed by atoms with Crippen molar-refractivity contribution in [3.8, 4) is 0 Å². The van der Waals surface area contributed by atoms with Gasteiger partial charge in [0.25, 0.3) is 0 Å². The Kier molecular flexibility index (Phi) is 4.59. The van der Waals surface area contributed by atoms with E-state index in [1.165, 1.54) is 0 Å². The summed E-state index contributed by atoms with van der Waals surface area (Å²) in [5, 5.41) is 3.66. The maximum absolute atomic E-state index is 12.0. The van der Waals surface area contributed by atoms with Crippen molar-refractivity contribution >= 4 is 39.1 Å². The van der Waals surface area contributed by atoms with Crippen LogP contribution in [0.25, 0.3) is 0 Å². The van der Waals surface area contributed by atoms with Crippen LogP contribution in [0.15, 0.2) is 46.9 Å². The van der Waals surface area contributed by atoms with Crippen molar-refractivity contribution in [1.29, 1.82) is 0 Å². The van der Waals surface area contributed by atoms with Gasteiger partial charge >= 0.3 is 0 Å². The molecule has 21 heavy (non-hydrogen) atoms. The van der Waals surface area contributed by atoms with E-state index in [-0.39, 0.29) is 0 Å². The predicted octanol–water partition coefficient (Wildman–Crippen LogP) is 4.22. The minimum Gasteiger partial charge on any atom is -0.368 e. The SMILES string of the molecule is Cc1ccc(NC(C)(C(N)=O)c2ccc(Br)cc2Cl)cc1. The minimum atomic E-state index is -1.09. The standard InChI is InChI=1S/C16H16BrClN2O/c1-10-3-6-12(7-4-10)20-16(2,15(19)21)13-8-5-11(17)9-14(13)18/h3-9,20H,1-2H3,(H2,19,21). The first kappa shape index (κ1) is 15.9. The second kappa shape index (κ2) is 6.08. The van der Waals surface area contributed by atoms with Crippen LogP contribution in [-0.4, -0.2) is 5.91 Å². The molecule has 0 aliphatic carbocycles. The highest BCUT2D eigenvalue weighted by atomic mass is 79.9. The van der Waals surface area contributed by atoms with Crippen LogP contribution in [-0.2, 0) is 10.3 Å². The van der Waals surface area contributed by atoms with E-state index in [0.29, 0.717) is 10.6 Å². The second-order valence-electron chi connectivity index (χ2n) is 5.10. The number of primary amides is 1. The third-order valence-electron chi connectivity index (χ3n) is 3.41. The Balaban J connectivity index is 2.45. The smallest absolute Gasteiger partial charge is 0.247 e. The molecule has 0 aromatic heterocycles. The van der Waals surface area contributed by atoms with Gasteiger partial charge in [0, 0.05) is 20.7 Å². The molecule has 3 N–H and O–H groups in total. The largest absolute Gasteiger partial charge is 0.368 e. The summed E-state index contributed by atoms with van der Waals surface area (Å²) in [7, 11) is 0. The van der Waals surface area contributed by atoms with Gasteiger partial charge in [0.15, 0.2) is 0 Å². The number of benzene rings is 2. The Bertz CT molecular complexity index is 672. The normalized spacial score (nSPS) is 13.5. The van der Waals surface area contributed by atoms with E-state index >= 15 is 0 Å². The highest BCUT2D eigenvalue weighted by Crippen LogP contribution is 2.33. The van der Waals surface area contributed by atoms with Gasteiger partial charge in [-0.25, -0.2) is 0 Å². The lowest BCUT2D eigenvalue weighted by atomic mass is 9.90. The first-order chi connectivity index (χ1) is 9.83. The number of anilines is 1. The topological polar surface area (TPSA) is 55.1 Å². The van der Waals surface area contributed by atoms with Gasteiger partial charge in [-0.2, -0.15) is 0 Å². The first-order valence-electron chi connectivity index (χ1n) is 6.43. The fourth-order valence-electron chi connectivity index (χ4n) is 2.08. The molecular formula is C16H16BrClN2O. The van der Waals surface area contributed by atoms with E-state index in [4.69, 9.17) is 17.3 Å². The van der Waals surface area contributed by atoms with Crippen LogP contribution in [0.3, 0.4) is 0 Å². The summed E-state index contributed by atoms with van der Waals surface area (Å²) in [6, 6.07) is 13.1. The van der Waals surface area contributed by atoms with Crippen LogP contribution in [0.4, 0.5) is 5.69 Å². The molecule has 0 heterocycles. The zero-order valence-electron chi connectivity index (χ0n) is 11.8. The van der Waals surface area contributed by atoms with Crippen LogP contribution < -0.4 is 11.1 Å². The molecule has 2 rings (SSSR count). The summed E-state index contributed by atoms with van der Waals surface area (Å²) < 4.78 is 0.846. The third kappa shape index (κ3) is 3.39. The van der Waals surface area contributed by atoms with Crippen molar-refractivity contribution in [2.24, 2.45) is 5.73 Å². The molecule has 0 radical (unpaired) electrons. The van der Waals surface area contributed by atoms with E-state index in [1.807, 2.05) is 37.3 Å². The average molecular weight is 368 g/mol. The van der Waals surface area contributed by atoms with Crippen LogP contribution in [0, 0.1) is 6.92 Å². The summed E-state index contributed by atoms with van der Waals surface area (Å²) in [5.74, 6) is -0.493. The van der Waals surface area contributed by atoms with Crippen LogP contribution in [0.2, 0.25) is 5.02 Å². The summed E-state index contributed by atoms with van der Waals surface area (Å²) in [4.78, 5) is 12.0. The van der Waals surface area contributed by atoms with E-state index in [0.717, 1.165) is 15.7 Å². The van der Waals surface area contributed by atoms with E-state index in [9.17, 15) is 4.79 Å². The Morgan fingerprint density at radius 2 is 1.86 bits per heavy atom. The molecule has 1 unspecified atom stereocenters. The minimum absolute atomic E-state index is 0.477. The molecule has 0 saturated carbocycles. The Hall–Kier alpha value is -1.52. The number of nitrogens with two attached hydrogens (primary N) is 1. The lowest BCUT2D eigenvalue weighted by Crippen LogP contribution is -2.45. The molecule has 5 heteroatoms. The van der Waals surface area contributed by atoms with Gasteiger partial charge in [0.1, 0.15) is 5.54 Å². The highest BCUT2D eigenvalue weighted by Gasteiger charge is 2.35. The number of nitrogens with one attached hydrogen (secondary N) is 1. The summed E-state index contributed by atoms with van der Waals surface area (Å²) in [6.45, 7) is 3.73. The van der Waals surface area contributed by atoms with Crippen molar-refractivity contribution in [2.75, 3.05) is 5.32 Å². The lowest BCUT2D eigenvalue weighted by Gasteiger charge is -2.30. The second-order valence-corrected chi connectivity index (χ2v) is 6.43. The number of hydrogen-bond donors (Lipinski definition) is 2. The lowest BCUT2D eigenvalue weighted by molar-refractivity contribution is -0.122. The van der Waals surface area contributed by atoms with Crippen LogP contribution in [0.1, 0.15) is 18.1 Å². The quantitative estimate of drug-likeness (QED) is 0.850. The maximum Gasteiger partial charge on any atom is 0.247 e. The third-order valence-corrected chi connectivity index (χ3v) is 4.21. The van der Waals surface area contributed by atoms with E-state index < -0.39 is 11.4 Å². The Morgan fingerprint density at radius 1 is 1.24 bits per heavy atom. The molecule has 0 aliphatic heterocycles. The molecule has 3 nitrogen and oxygen atoms in total. The van der Waals surface area contributed by atoms with Crippen molar-refractivity contribution < 1.29 is 4.79 Å². The molecule has 1 amide bonds. The molecule has 0 saturated heterocycles. The maximum atomic E-state index is 12.0. The average Bonchev–Trinajstić information content (AvgIpc) is 2.41. The summed E-state index contributed by atoms with van der Waals surface area (Å²) in [5.41, 5.74) is 7.11. The van der Waals surface area contributed by atoms with Crippen molar-refractivity contribution in [3.05, 3.63) is 63.1 Å². The summed E-state index contributed by atoms with van der Waals surface area (Å²) >= 11 is 9.63. The summed E-state index contributed by atoms with van der Waals surface area (Å²) in [6.07, 6.45) is 0. The molecule has 1 atom stereocenters. The van der Waals surface area contributed by atoms with E-state index in [2.05, 4.69) is 21.2 Å². The first-order valence-corrected chi connectivity index (χ1v) is 7.60. The number of amides is 1. The number of rotatable bonds is 4. The fraction of sp³-hybridized carbons (Fsp3) is 0.188. The number of halogens is 2. The molecule has 0 fully saturated rings. The van der Waals surface area contributed by atoms with Gasteiger partial charge in [0.2, 0.25) is 5.91 Å². The molecule has 0 spiro atoms. The van der Waals surface area contributed by atoms with Gasteiger partial charge in [-0.3, -0.25) is 4.79 Å². The fourth-order valence-corrected chi connectivity index (χ4v) is 2.94. The number of aryl methyl sites for hydroxylation is 1. The van der Waals surface area contributed by atoms with Gasteiger partial charge in [0.05, 0.1) is 0 Å². The number of carbonyl (C=O) groups is 1. The van der Waals surface area contributed by atoms with E-state index in [1.54, 1.807) is 19.1 Å². The Morgan fingerprint density at radius 3 is 2.38 bits per heavy atom. The number of hydrogen-bond acceptors (Lipinski definition) is 2. The van der Waals surface area contributed by atoms with Gasteiger partial charge in [-0.15, -0.1) is 0 Å². The molecule has 2 aromatic carbocycles. The van der Waals surface area contributed by atoms with Gasteiger partial charge in [-0.05, 0) is 38.1 Å². The number of carbonyl (C=O) groups excluding carboxylic acids is 1. The molecule has 2 aromatic rings.